The van der Waals surface area contributed by atoms with Crippen molar-refractivity contribution in [2.45, 2.75) is 19.4 Å². The molecule has 120 valence electrons. The van der Waals surface area contributed by atoms with Crippen molar-refractivity contribution in [3.8, 4) is 22.6 Å². The summed E-state index contributed by atoms with van der Waals surface area (Å²) in [5, 5.41) is 0. The Morgan fingerprint density at radius 2 is 2.13 bits per heavy atom. The van der Waals surface area contributed by atoms with E-state index in [1.54, 1.807) is 0 Å². The number of nitrogens with two attached hydrogens (primary N) is 2. The zero-order chi connectivity index (χ0) is 16.4. The molecule has 0 aromatic heterocycles. The molecular weight excluding hydrogens is 292 g/mol. The molecule has 1 aliphatic heterocycles. The van der Waals surface area contributed by atoms with Crippen molar-refractivity contribution in [3.63, 3.8) is 0 Å². The minimum Gasteiger partial charge on any atom is -0.488 e. The number of primary amides is 1. The standard InChI is InChI=1S/C18H20N2O3/c1-11-5-6-16(22-10-17(20)21)15(7-11)14-4-2-3-12-8-13(9-19)23-18(12)14/h2-7,13H,8-10,19H2,1H3,(H2,20,21)/t13-/m1/s1. The van der Waals surface area contributed by atoms with Crippen LogP contribution < -0.4 is 20.9 Å². The highest BCUT2D eigenvalue weighted by molar-refractivity contribution is 5.79. The zero-order valence-electron chi connectivity index (χ0n) is 13.0. The maximum atomic E-state index is 11.0. The van der Waals surface area contributed by atoms with Crippen LogP contribution >= 0.6 is 0 Å². The summed E-state index contributed by atoms with van der Waals surface area (Å²) in [7, 11) is 0. The van der Waals surface area contributed by atoms with Gasteiger partial charge in [-0.2, -0.15) is 0 Å². The Morgan fingerprint density at radius 3 is 2.87 bits per heavy atom. The summed E-state index contributed by atoms with van der Waals surface area (Å²) < 4.78 is 11.6. The maximum absolute atomic E-state index is 11.0. The molecule has 0 fully saturated rings. The molecule has 3 rings (SSSR count). The number of benzene rings is 2. The van der Waals surface area contributed by atoms with Crippen molar-refractivity contribution in [1.82, 2.24) is 0 Å². The summed E-state index contributed by atoms with van der Waals surface area (Å²) in [6, 6.07) is 11.8. The molecule has 2 aromatic carbocycles. The first-order valence-electron chi connectivity index (χ1n) is 7.59. The maximum Gasteiger partial charge on any atom is 0.255 e. The van der Waals surface area contributed by atoms with Gasteiger partial charge in [-0.3, -0.25) is 4.79 Å². The van der Waals surface area contributed by atoms with E-state index in [1.807, 2.05) is 43.3 Å². The summed E-state index contributed by atoms with van der Waals surface area (Å²) in [5.41, 5.74) is 15.0. The third kappa shape index (κ3) is 3.14. The summed E-state index contributed by atoms with van der Waals surface area (Å²) in [6.07, 6.45) is 0.814. The number of aryl methyl sites for hydroxylation is 1. The van der Waals surface area contributed by atoms with Gasteiger partial charge in [0.1, 0.15) is 17.6 Å². The smallest absolute Gasteiger partial charge is 0.255 e. The molecular formula is C18H20N2O3. The van der Waals surface area contributed by atoms with E-state index in [0.717, 1.165) is 34.4 Å². The van der Waals surface area contributed by atoms with E-state index in [1.165, 1.54) is 0 Å². The number of amides is 1. The Kier molecular flexibility index (Phi) is 4.21. The molecule has 0 bridgehead atoms. The molecule has 2 aromatic rings. The van der Waals surface area contributed by atoms with Gasteiger partial charge in [-0.15, -0.1) is 0 Å². The van der Waals surface area contributed by atoms with Crippen LogP contribution in [0, 0.1) is 6.92 Å². The first-order chi connectivity index (χ1) is 11.1. The molecule has 1 heterocycles. The van der Waals surface area contributed by atoms with Crippen molar-refractivity contribution in [2.75, 3.05) is 13.2 Å². The lowest BCUT2D eigenvalue weighted by atomic mass is 9.98. The molecule has 1 atom stereocenters. The lowest BCUT2D eigenvalue weighted by Gasteiger charge is -2.15. The molecule has 0 radical (unpaired) electrons. The molecule has 5 nitrogen and oxygen atoms in total. The van der Waals surface area contributed by atoms with Gasteiger partial charge in [0.05, 0.1) is 0 Å². The predicted molar refractivity (Wildman–Crippen MR) is 88.5 cm³/mol. The molecule has 0 saturated heterocycles. The second-order valence-corrected chi connectivity index (χ2v) is 5.73. The van der Waals surface area contributed by atoms with Crippen LogP contribution in [0.25, 0.3) is 11.1 Å². The summed E-state index contributed by atoms with van der Waals surface area (Å²) in [4.78, 5) is 11.0. The fourth-order valence-corrected chi connectivity index (χ4v) is 2.81. The molecule has 0 unspecified atom stereocenters. The van der Waals surface area contributed by atoms with Crippen molar-refractivity contribution < 1.29 is 14.3 Å². The van der Waals surface area contributed by atoms with Gasteiger partial charge in [0.25, 0.3) is 5.91 Å². The average Bonchev–Trinajstić information content (AvgIpc) is 2.96. The van der Waals surface area contributed by atoms with Crippen LogP contribution in [0.5, 0.6) is 11.5 Å². The first kappa shape index (κ1) is 15.4. The van der Waals surface area contributed by atoms with Gasteiger partial charge in [-0.25, -0.2) is 0 Å². The fourth-order valence-electron chi connectivity index (χ4n) is 2.81. The number of carbonyl (C=O) groups is 1. The highest BCUT2D eigenvalue weighted by Crippen LogP contribution is 2.42. The van der Waals surface area contributed by atoms with Crippen molar-refractivity contribution in [3.05, 3.63) is 47.5 Å². The van der Waals surface area contributed by atoms with Gasteiger partial charge >= 0.3 is 0 Å². The Hall–Kier alpha value is -2.53. The summed E-state index contributed by atoms with van der Waals surface area (Å²) in [5.74, 6) is 0.953. The van der Waals surface area contributed by atoms with Crippen molar-refractivity contribution >= 4 is 5.91 Å². The fraction of sp³-hybridized carbons (Fsp3) is 0.278. The average molecular weight is 312 g/mol. The molecule has 4 N–H and O–H groups in total. The number of ether oxygens (including phenoxy) is 2. The summed E-state index contributed by atoms with van der Waals surface area (Å²) >= 11 is 0. The van der Waals surface area contributed by atoms with E-state index >= 15 is 0 Å². The van der Waals surface area contributed by atoms with Gasteiger partial charge < -0.3 is 20.9 Å². The van der Waals surface area contributed by atoms with E-state index in [9.17, 15) is 4.79 Å². The Morgan fingerprint density at radius 1 is 1.30 bits per heavy atom. The second-order valence-electron chi connectivity index (χ2n) is 5.73. The number of hydrogen-bond donors (Lipinski definition) is 2. The van der Waals surface area contributed by atoms with Crippen molar-refractivity contribution in [2.24, 2.45) is 11.5 Å². The van der Waals surface area contributed by atoms with Gasteiger partial charge in [0, 0.05) is 24.1 Å². The number of fused-ring (bicyclic) bond motifs is 1. The van der Waals surface area contributed by atoms with Crippen LogP contribution in [0.3, 0.4) is 0 Å². The Balaban J connectivity index is 2.04. The van der Waals surface area contributed by atoms with Crippen LogP contribution in [0.2, 0.25) is 0 Å². The normalized spacial score (nSPS) is 15.8. The highest BCUT2D eigenvalue weighted by Gasteiger charge is 2.25. The zero-order valence-corrected chi connectivity index (χ0v) is 13.0. The molecule has 23 heavy (non-hydrogen) atoms. The van der Waals surface area contributed by atoms with E-state index in [0.29, 0.717) is 12.3 Å². The minimum absolute atomic E-state index is 0.00551. The molecule has 5 heteroatoms. The third-order valence-electron chi connectivity index (χ3n) is 3.89. The van der Waals surface area contributed by atoms with Crippen LogP contribution in [-0.2, 0) is 11.2 Å². The second kappa shape index (κ2) is 6.30. The number of rotatable bonds is 5. The predicted octanol–water partition coefficient (Wildman–Crippen LogP) is 1.79. The largest absolute Gasteiger partial charge is 0.488 e. The lowest BCUT2D eigenvalue weighted by molar-refractivity contribution is -0.119. The topological polar surface area (TPSA) is 87.6 Å². The number of hydrogen-bond acceptors (Lipinski definition) is 4. The van der Waals surface area contributed by atoms with Crippen LogP contribution in [0.1, 0.15) is 11.1 Å². The monoisotopic (exact) mass is 312 g/mol. The van der Waals surface area contributed by atoms with E-state index in [4.69, 9.17) is 20.9 Å². The number of para-hydroxylation sites is 1. The third-order valence-corrected chi connectivity index (χ3v) is 3.89. The van der Waals surface area contributed by atoms with E-state index in [2.05, 4.69) is 0 Å². The molecule has 0 spiro atoms. The molecule has 0 saturated carbocycles. The Labute approximate surface area is 135 Å². The highest BCUT2D eigenvalue weighted by atomic mass is 16.5. The van der Waals surface area contributed by atoms with Crippen LogP contribution in [0.4, 0.5) is 0 Å². The van der Waals surface area contributed by atoms with Gasteiger partial charge in [0.15, 0.2) is 6.61 Å². The van der Waals surface area contributed by atoms with E-state index < -0.39 is 5.91 Å². The quantitative estimate of drug-likeness (QED) is 0.881. The number of carbonyl (C=O) groups excluding carboxylic acids is 1. The SMILES string of the molecule is Cc1ccc(OCC(N)=O)c(-c2cccc3c2O[C@@H](CN)C3)c1. The van der Waals surface area contributed by atoms with Gasteiger partial charge in [0.2, 0.25) is 0 Å². The first-order valence-corrected chi connectivity index (χ1v) is 7.59. The lowest BCUT2D eigenvalue weighted by Crippen LogP contribution is -2.24. The molecule has 1 amide bonds. The summed E-state index contributed by atoms with van der Waals surface area (Å²) in [6.45, 7) is 2.33. The van der Waals surface area contributed by atoms with E-state index in [-0.39, 0.29) is 12.7 Å². The Bertz CT molecular complexity index is 743. The van der Waals surface area contributed by atoms with Gasteiger partial charge in [-0.05, 0) is 24.6 Å². The van der Waals surface area contributed by atoms with Gasteiger partial charge in [-0.1, -0.05) is 29.8 Å². The van der Waals surface area contributed by atoms with Crippen LogP contribution in [-0.4, -0.2) is 25.2 Å². The molecule has 0 aliphatic carbocycles. The minimum atomic E-state index is -0.505. The van der Waals surface area contributed by atoms with Crippen molar-refractivity contribution in [1.29, 1.82) is 0 Å². The van der Waals surface area contributed by atoms with Crippen LogP contribution in [0.15, 0.2) is 36.4 Å². The molecule has 1 aliphatic rings.